The van der Waals surface area contributed by atoms with E-state index in [1.54, 1.807) is 0 Å². The highest BCUT2D eigenvalue weighted by molar-refractivity contribution is 5.69. The van der Waals surface area contributed by atoms with E-state index in [4.69, 9.17) is 9.47 Å². The first-order valence-electron chi connectivity index (χ1n) is 7.48. The summed E-state index contributed by atoms with van der Waals surface area (Å²) in [6.45, 7) is 0. The molecule has 126 valence electrons. The zero-order valence-electron chi connectivity index (χ0n) is 13.4. The Morgan fingerprint density at radius 1 is 1.21 bits per heavy atom. The Bertz CT molecular complexity index is 778. The van der Waals surface area contributed by atoms with Crippen molar-refractivity contribution in [2.24, 2.45) is 0 Å². The zero-order chi connectivity index (χ0) is 17.3. The van der Waals surface area contributed by atoms with E-state index in [0.717, 1.165) is 11.1 Å². The van der Waals surface area contributed by atoms with Crippen molar-refractivity contribution in [3.05, 3.63) is 57.6 Å². The summed E-state index contributed by atoms with van der Waals surface area (Å²) in [7, 11) is 2.89. The summed E-state index contributed by atoms with van der Waals surface area (Å²) in [6, 6.07) is 10.1. The summed E-state index contributed by atoms with van der Waals surface area (Å²) < 4.78 is 10.3. The summed E-state index contributed by atoms with van der Waals surface area (Å²) in [5, 5.41) is 24.8. The third kappa shape index (κ3) is 2.74. The highest BCUT2D eigenvalue weighted by atomic mass is 16.6. The number of nitrogens with one attached hydrogen (secondary N) is 1. The molecule has 0 saturated carbocycles. The molecule has 0 bridgehead atoms. The van der Waals surface area contributed by atoms with E-state index >= 15 is 0 Å². The molecule has 7 nitrogen and oxygen atoms in total. The monoisotopic (exact) mass is 330 g/mol. The van der Waals surface area contributed by atoms with Gasteiger partial charge in [-0.2, -0.15) is 0 Å². The molecule has 1 aliphatic carbocycles. The molecule has 0 radical (unpaired) electrons. The molecule has 0 saturated heterocycles. The highest BCUT2D eigenvalue weighted by Gasteiger charge is 2.32. The van der Waals surface area contributed by atoms with Gasteiger partial charge in [-0.05, 0) is 11.1 Å². The van der Waals surface area contributed by atoms with Crippen LogP contribution in [0.3, 0.4) is 0 Å². The van der Waals surface area contributed by atoms with E-state index in [0.29, 0.717) is 12.2 Å². The first-order valence-corrected chi connectivity index (χ1v) is 7.48. The lowest BCUT2D eigenvalue weighted by atomic mass is 10.1. The number of benzene rings is 2. The number of hydrogen-bond acceptors (Lipinski definition) is 6. The number of hydrogen-bond donors (Lipinski definition) is 2. The number of rotatable bonds is 5. The Hall–Kier alpha value is -2.80. The first-order chi connectivity index (χ1) is 11.5. The molecule has 0 amide bonds. The molecular weight excluding hydrogens is 312 g/mol. The van der Waals surface area contributed by atoms with Crippen LogP contribution in [0, 0.1) is 10.1 Å². The second kappa shape index (κ2) is 6.37. The number of ether oxygens (including phenoxy) is 2. The fourth-order valence-electron chi connectivity index (χ4n) is 3.05. The van der Waals surface area contributed by atoms with Crippen molar-refractivity contribution in [1.82, 2.24) is 0 Å². The number of aliphatic hydroxyl groups excluding tert-OH is 1. The molecule has 0 aliphatic heterocycles. The third-order valence-corrected chi connectivity index (χ3v) is 4.21. The smallest absolute Gasteiger partial charge is 0.296 e. The molecule has 2 N–H and O–H groups in total. The lowest BCUT2D eigenvalue weighted by Gasteiger charge is -2.20. The van der Waals surface area contributed by atoms with Gasteiger partial charge in [0, 0.05) is 12.5 Å². The number of nitro groups is 1. The highest BCUT2D eigenvalue weighted by Crippen LogP contribution is 2.41. The summed E-state index contributed by atoms with van der Waals surface area (Å²) in [6.07, 6.45) is -0.148. The average Bonchev–Trinajstić information content (AvgIpc) is 2.90. The topological polar surface area (TPSA) is 93.9 Å². The van der Waals surface area contributed by atoms with Gasteiger partial charge in [-0.25, -0.2) is 0 Å². The Labute approximate surface area is 139 Å². The van der Waals surface area contributed by atoms with Gasteiger partial charge in [0.15, 0.2) is 11.5 Å². The van der Waals surface area contributed by atoms with E-state index in [-0.39, 0.29) is 17.1 Å². The lowest BCUT2D eigenvalue weighted by molar-refractivity contribution is -0.384. The van der Waals surface area contributed by atoms with Crippen LogP contribution in [0.2, 0.25) is 0 Å². The van der Waals surface area contributed by atoms with Gasteiger partial charge in [0.05, 0.1) is 37.4 Å². The molecule has 3 rings (SSSR count). The van der Waals surface area contributed by atoms with Gasteiger partial charge in [-0.1, -0.05) is 24.3 Å². The van der Waals surface area contributed by atoms with Crippen LogP contribution in [0.25, 0.3) is 0 Å². The molecule has 2 aromatic carbocycles. The van der Waals surface area contributed by atoms with Gasteiger partial charge in [-0.3, -0.25) is 10.1 Å². The van der Waals surface area contributed by atoms with Crippen LogP contribution in [0.15, 0.2) is 36.4 Å². The predicted molar refractivity (Wildman–Crippen MR) is 88.7 cm³/mol. The number of nitrogens with zero attached hydrogens (tertiary/aromatic N) is 1. The van der Waals surface area contributed by atoms with Crippen molar-refractivity contribution in [3.63, 3.8) is 0 Å². The van der Waals surface area contributed by atoms with Crippen molar-refractivity contribution in [3.8, 4) is 11.5 Å². The molecule has 0 aromatic heterocycles. The summed E-state index contributed by atoms with van der Waals surface area (Å²) >= 11 is 0. The largest absolute Gasteiger partial charge is 0.493 e. The molecule has 0 fully saturated rings. The first kappa shape index (κ1) is 16.1. The Morgan fingerprint density at radius 3 is 2.54 bits per heavy atom. The average molecular weight is 330 g/mol. The van der Waals surface area contributed by atoms with Gasteiger partial charge in [0.2, 0.25) is 0 Å². The van der Waals surface area contributed by atoms with E-state index in [2.05, 4.69) is 5.32 Å². The summed E-state index contributed by atoms with van der Waals surface area (Å²) in [5.74, 6) is 0.661. The molecule has 2 atom stereocenters. The van der Waals surface area contributed by atoms with E-state index < -0.39 is 17.1 Å². The Morgan fingerprint density at radius 2 is 1.88 bits per heavy atom. The summed E-state index contributed by atoms with van der Waals surface area (Å²) in [5.41, 5.74) is 2.11. The maximum Gasteiger partial charge on any atom is 0.296 e. The van der Waals surface area contributed by atoms with Gasteiger partial charge >= 0.3 is 0 Å². The van der Waals surface area contributed by atoms with Gasteiger partial charge in [-0.15, -0.1) is 0 Å². The normalized spacial score (nSPS) is 18.8. The fraction of sp³-hybridized carbons (Fsp3) is 0.294. The van der Waals surface area contributed by atoms with Crippen LogP contribution in [-0.2, 0) is 6.42 Å². The van der Waals surface area contributed by atoms with Crippen LogP contribution in [0.1, 0.15) is 17.2 Å². The number of fused-ring (bicyclic) bond motifs is 1. The molecule has 24 heavy (non-hydrogen) atoms. The number of methoxy groups -OCH3 is 2. The van der Waals surface area contributed by atoms with Crippen molar-refractivity contribution >= 4 is 11.4 Å². The molecule has 0 unspecified atom stereocenters. The number of aliphatic hydroxyl groups is 1. The Balaban J connectivity index is 2.02. The quantitative estimate of drug-likeness (QED) is 0.646. The van der Waals surface area contributed by atoms with Gasteiger partial charge in [0.25, 0.3) is 5.69 Å². The third-order valence-electron chi connectivity index (χ3n) is 4.21. The molecule has 7 heteroatoms. The standard InChI is InChI=1S/C17H18N2O5/c1-23-15-8-12(13(19(21)22)9-16(15)24-2)18-17-11-6-4-3-5-10(11)7-14(17)20/h3-6,8-9,14,17-18,20H,7H2,1-2H3/t14-,17+/m1/s1. The maximum atomic E-state index is 11.4. The molecular formula is C17H18N2O5. The lowest BCUT2D eigenvalue weighted by Crippen LogP contribution is -2.21. The Kier molecular flexibility index (Phi) is 4.26. The number of nitro benzene ring substituents is 1. The SMILES string of the molecule is COc1cc(N[C@H]2c3ccccc3C[C@H]2O)c([N+](=O)[O-])cc1OC. The van der Waals surface area contributed by atoms with E-state index in [1.165, 1.54) is 26.4 Å². The van der Waals surface area contributed by atoms with Crippen molar-refractivity contribution in [1.29, 1.82) is 0 Å². The van der Waals surface area contributed by atoms with E-state index in [9.17, 15) is 15.2 Å². The molecule has 0 heterocycles. The maximum absolute atomic E-state index is 11.4. The summed E-state index contributed by atoms with van der Waals surface area (Å²) in [4.78, 5) is 10.9. The molecule has 2 aromatic rings. The van der Waals surface area contributed by atoms with Crippen molar-refractivity contribution < 1.29 is 19.5 Å². The number of anilines is 1. The van der Waals surface area contributed by atoms with Crippen molar-refractivity contribution in [2.75, 3.05) is 19.5 Å². The fourth-order valence-corrected chi connectivity index (χ4v) is 3.05. The van der Waals surface area contributed by atoms with Crippen LogP contribution in [-0.4, -0.2) is 30.4 Å². The van der Waals surface area contributed by atoms with Crippen LogP contribution in [0.5, 0.6) is 11.5 Å². The molecule has 0 spiro atoms. The van der Waals surface area contributed by atoms with Crippen LogP contribution >= 0.6 is 0 Å². The second-order valence-electron chi connectivity index (χ2n) is 5.57. The molecule has 1 aliphatic rings. The predicted octanol–water partition coefficient (Wildman–Crippen LogP) is 2.68. The van der Waals surface area contributed by atoms with Gasteiger partial charge < -0.3 is 19.9 Å². The minimum Gasteiger partial charge on any atom is -0.493 e. The zero-order valence-corrected chi connectivity index (χ0v) is 13.4. The van der Waals surface area contributed by atoms with Crippen molar-refractivity contribution in [2.45, 2.75) is 18.6 Å². The minimum atomic E-state index is -0.657. The van der Waals surface area contributed by atoms with Crippen LogP contribution in [0.4, 0.5) is 11.4 Å². The van der Waals surface area contributed by atoms with E-state index in [1.807, 2.05) is 24.3 Å². The van der Waals surface area contributed by atoms with Gasteiger partial charge in [0.1, 0.15) is 5.69 Å². The second-order valence-corrected chi connectivity index (χ2v) is 5.57. The van der Waals surface area contributed by atoms with Crippen LogP contribution < -0.4 is 14.8 Å². The minimum absolute atomic E-state index is 0.135.